The number of aryl methyl sites for hydroxylation is 1. The van der Waals surface area contributed by atoms with Crippen LogP contribution in [0.15, 0.2) is 16.6 Å². The van der Waals surface area contributed by atoms with E-state index < -0.39 is 0 Å². The molecule has 0 aromatic heterocycles. The lowest BCUT2D eigenvalue weighted by molar-refractivity contribution is -0.0171. The van der Waals surface area contributed by atoms with Gasteiger partial charge in [0, 0.05) is 16.6 Å². The molecule has 0 atom stereocenters. The molecule has 4 heteroatoms. The Morgan fingerprint density at radius 3 is 3.07 bits per heavy atom. The molecule has 0 amide bonds. The minimum atomic E-state index is 0.206. The molecule has 0 radical (unpaired) electrons. The zero-order valence-corrected chi connectivity index (χ0v) is 9.92. The molecule has 0 saturated heterocycles. The van der Waals surface area contributed by atoms with E-state index in [0.717, 1.165) is 34.2 Å². The Balaban J connectivity index is 2.30. The second kappa shape index (κ2) is 4.96. The normalized spacial score (nSPS) is 14.5. The molecule has 0 fully saturated rings. The van der Waals surface area contributed by atoms with Crippen molar-refractivity contribution in [3.05, 3.63) is 27.7 Å². The summed E-state index contributed by atoms with van der Waals surface area (Å²) in [5.41, 5.74) is 2.21. The molecule has 0 saturated carbocycles. The van der Waals surface area contributed by atoms with Gasteiger partial charge in [-0.1, -0.05) is 15.9 Å². The quantitative estimate of drug-likeness (QED) is 0.917. The first-order valence-corrected chi connectivity index (χ1v) is 5.73. The summed E-state index contributed by atoms with van der Waals surface area (Å²) in [6.07, 6.45) is 1.59. The first-order chi connectivity index (χ1) is 7.31. The van der Waals surface area contributed by atoms with Crippen LogP contribution < -0.4 is 4.74 Å². The highest BCUT2D eigenvalue weighted by Gasteiger charge is 2.15. The Morgan fingerprint density at radius 1 is 1.40 bits per heavy atom. The van der Waals surface area contributed by atoms with Gasteiger partial charge in [0.1, 0.15) is 5.75 Å². The van der Waals surface area contributed by atoms with Crippen LogP contribution in [0.3, 0.4) is 0 Å². The molecule has 15 heavy (non-hydrogen) atoms. The summed E-state index contributed by atoms with van der Waals surface area (Å²) >= 11 is 3.46. The Bertz CT molecular complexity index is 352. The van der Waals surface area contributed by atoms with E-state index >= 15 is 0 Å². The van der Waals surface area contributed by atoms with E-state index in [9.17, 15) is 0 Å². The third kappa shape index (κ3) is 2.51. The molecule has 3 nitrogen and oxygen atoms in total. The molecule has 1 aliphatic rings. The summed E-state index contributed by atoms with van der Waals surface area (Å²) in [6, 6.07) is 4.05. The molecule has 1 heterocycles. The minimum Gasteiger partial charge on any atom is -0.467 e. The summed E-state index contributed by atoms with van der Waals surface area (Å²) in [4.78, 5) is 0. The topological polar surface area (TPSA) is 38.7 Å². The molecule has 0 bridgehead atoms. The molecule has 2 rings (SSSR count). The lowest BCUT2D eigenvalue weighted by Gasteiger charge is -2.21. The van der Waals surface area contributed by atoms with E-state index in [1.165, 1.54) is 0 Å². The Kier molecular flexibility index (Phi) is 3.61. The first kappa shape index (κ1) is 10.9. The summed E-state index contributed by atoms with van der Waals surface area (Å²) < 4.78 is 11.7. The van der Waals surface area contributed by atoms with E-state index in [2.05, 4.69) is 15.9 Å². The van der Waals surface area contributed by atoms with Gasteiger partial charge < -0.3 is 14.6 Å². The summed E-state index contributed by atoms with van der Waals surface area (Å²) in [7, 11) is 0. The van der Waals surface area contributed by atoms with Gasteiger partial charge in [-0.2, -0.15) is 0 Å². The molecule has 0 spiro atoms. The van der Waals surface area contributed by atoms with Gasteiger partial charge in [0.05, 0.1) is 6.61 Å². The maximum Gasteiger partial charge on any atom is 0.189 e. The Labute approximate surface area is 97.1 Å². The zero-order chi connectivity index (χ0) is 10.7. The smallest absolute Gasteiger partial charge is 0.189 e. The molecule has 1 N–H and O–H groups in total. The predicted molar refractivity (Wildman–Crippen MR) is 59.8 cm³/mol. The van der Waals surface area contributed by atoms with Crippen LogP contribution in [0.4, 0.5) is 0 Å². The molecule has 1 aromatic rings. The van der Waals surface area contributed by atoms with Gasteiger partial charge in [0.25, 0.3) is 0 Å². The fourth-order valence-electron chi connectivity index (χ4n) is 1.71. The molecule has 0 aliphatic carbocycles. The van der Waals surface area contributed by atoms with E-state index in [0.29, 0.717) is 13.4 Å². The number of aliphatic hydroxyl groups is 1. The van der Waals surface area contributed by atoms with E-state index in [1.807, 2.05) is 12.1 Å². The average molecular weight is 273 g/mol. The second-order valence-electron chi connectivity index (χ2n) is 3.49. The molecule has 0 unspecified atom stereocenters. The van der Waals surface area contributed by atoms with Crippen LogP contribution in [0.5, 0.6) is 5.75 Å². The second-order valence-corrected chi connectivity index (χ2v) is 4.41. The van der Waals surface area contributed by atoms with Gasteiger partial charge in [0.15, 0.2) is 6.79 Å². The Hall–Kier alpha value is -0.580. The SMILES string of the molecule is OCCCc1cc(Br)cc2c1OCOC2. The van der Waals surface area contributed by atoms with E-state index in [-0.39, 0.29) is 6.61 Å². The van der Waals surface area contributed by atoms with Crippen molar-refractivity contribution in [2.24, 2.45) is 0 Å². The highest BCUT2D eigenvalue weighted by Crippen LogP contribution is 2.32. The lowest BCUT2D eigenvalue weighted by Crippen LogP contribution is -2.13. The van der Waals surface area contributed by atoms with Crippen molar-refractivity contribution in [3.63, 3.8) is 0 Å². The van der Waals surface area contributed by atoms with Crippen molar-refractivity contribution in [2.75, 3.05) is 13.4 Å². The van der Waals surface area contributed by atoms with Crippen molar-refractivity contribution in [1.82, 2.24) is 0 Å². The third-order valence-corrected chi connectivity index (χ3v) is 2.81. The number of hydrogen-bond donors (Lipinski definition) is 1. The number of halogens is 1. The van der Waals surface area contributed by atoms with Crippen molar-refractivity contribution >= 4 is 15.9 Å². The van der Waals surface area contributed by atoms with Gasteiger partial charge in [-0.25, -0.2) is 0 Å². The predicted octanol–water partition coefficient (Wildman–Crippen LogP) is 2.24. The van der Waals surface area contributed by atoms with Crippen molar-refractivity contribution in [1.29, 1.82) is 0 Å². The van der Waals surface area contributed by atoms with Crippen LogP contribution in [0, 0.1) is 0 Å². The number of hydrogen-bond acceptors (Lipinski definition) is 3. The van der Waals surface area contributed by atoms with Crippen LogP contribution in [0.25, 0.3) is 0 Å². The molecule has 82 valence electrons. The fourth-order valence-corrected chi connectivity index (χ4v) is 2.26. The molecule has 1 aromatic carbocycles. The van der Waals surface area contributed by atoms with E-state index in [1.54, 1.807) is 0 Å². The Morgan fingerprint density at radius 2 is 2.27 bits per heavy atom. The molecular formula is C11H13BrO3. The van der Waals surface area contributed by atoms with Crippen molar-refractivity contribution < 1.29 is 14.6 Å². The number of ether oxygens (including phenoxy) is 2. The molecule has 1 aliphatic heterocycles. The number of fused-ring (bicyclic) bond motifs is 1. The highest BCUT2D eigenvalue weighted by atomic mass is 79.9. The third-order valence-electron chi connectivity index (χ3n) is 2.36. The van der Waals surface area contributed by atoms with Gasteiger partial charge >= 0.3 is 0 Å². The van der Waals surface area contributed by atoms with Gasteiger partial charge in [-0.15, -0.1) is 0 Å². The highest BCUT2D eigenvalue weighted by molar-refractivity contribution is 9.10. The standard InChI is InChI=1S/C11H13BrO3/c12-10-4-8(2-1-3-13)11-9(5-10)6-14-7-15-11/h4-5,13H,1-3,6-7H2. The van der Waals surface area contributed by atoms with Gasteiger partial charge in [-0.05, 0) is 30.5 Å². The summed E-state index contributed by atoms with van der Waals surface area (Å²) in [6.45, 7) is 1.12. The van der Waals surface area contributed by atoms with Crippen LogP contribution in [-0.4, -0.2) is 18.5 Å². The summed E-state index contributed by atoms with van der Waals surface area (Å²) in [5.74, 6) is 0.929. The number of benzene rings is 1. The molecular weight excluding hydrogens is 260 g/mol. The average Bonchev–Trinajstić information content (AvgIpc) is 2.25. The minimum absolute atomic E-state index is 0.206. The van der Waals surface area contributed by atoms with Crippen molar-refractivity contribution in [3.8, 4) is 5.75 Å². The maximum absolute atomic E-state index is 8.82. The van der Waals surface area contributed by atoms with Crippen molar-refractivity contribution in [2.45, 2.75) is 19.4 Å². The number of aliphatic hydroxyl groups excluding tert-OH is 1. The first-order valence-electron chi connectivity index (χ1n) is 4.94. The lowest BCUT2D eigenvalue weighted by atomic mass is 10.0. The van der Waals surface area contributed by atoms with Crippen LogP contribution in [0.1, 0.15) is 17.5 Å². The maximum atomic E-state index is 8.82. The largest absolute Gasteiger partial charge is 0.467 e. The monoisotopic (exact) mass is 272 g/mol. The van der Waals surface area contributed by atoms with Gasteiger partial charge in [-0.3, -0.25) is 0 Å². The van der Waals surface area contributed by atoms with Crippen LogP contribution >= 0.6 is 15.9 Å². The van der Waals surface area contributed by atoms with Crippen LogP contribution in [0.2, 0.25) is 0 Å². The fraction of sp³-hybridized carbons (Fsp3) is 0.455. The number of rotatable bonds is 3. The zero-order valence-electron chi connectivity index (χ0n) is 8.33. The van der Waals surface area contributed by atoms with E-state index in [4.69, 9.17) is 14.6 Å². The van der Waals surface area contributed by atoms with Crippen LogP contribution in [-0.2, 0) is 17.8 Å². The summed E-state index contributed by atoms with van der Waals surface area (Å²) in [5, 5.41) is 8.82. The van der Waals surface area contributed by atoms with Gasteiger partial charge in [0.2, 0.25) is 0 Å².